The first-order valence-corrected chi connectivity index (χ1v) is 34.1. The first-order valence-electron chi connectivity index (χ1n) is 30.0. The van der Waals surface area contributed by atoms with E-state index in [1.54, 1.807) is 0 Å². The third-order valence-electron chi connectivity index (χ3n) is 14.5. The van der Waals surface area contributed by atoms with Crippen LogP contribution >= 0.6 is 59.7 Å². The van der Waals surface area contributed by atoms with E-state index in [1.807, 2.05) is 0 Å². The molecule has 70 heavy (non-hydrogen) atoms. The minimum absolute atomic E-state index is 0.0714. The lowest BCUT2D eigenvalue weighted by Gasteiger charge is -2.46. The van der Waals surface area contributed by atoms with Crippen LogP contribution in [-0.2, 0) is 28.7 Å². The third kappa shape index (κ3) is 34.1. The SMILES string of the molecule is CCCCCCCCCCCC(=O)SC[C@H]1O[C@H](OC2CCCC2S)[C@@H](SC(=O)CCCCCCCCCCC)[C@H](SC(=O)CCCCCCCCCCC)[C@H]1SC(=O)CCCCCCCCCCC. The average Bonchev–Trinajstić information content (AvgIpc) is 3.76. The maximum atomic E-state index is 14.2. The molecule has 1 saturated carbocycles. The number of carbonyl (C=O) groups is 4. The molecule has 0 N–H and O–H groups in total. The zero-order chi connectivity index (χ0) is 50.7. The van der Waals surface area contributed by atoms with E-state index in [-0.39, 0.29) is 42.3 Å². The molecule has 1 heterocycles. The van der Waals surface area contributed by atoms with Gasteiger partial charge in [-0.15, -0.1) is 0 Å². The molecule has 2 aliphatic rings. The largest absolute Gasteiger partial charge is 0.347 e. The molecule has 0 amide bonds. The van der Waals surface area contributed by atoms with E-state index in [0.717, 1.165) is 89.9 Å². The van der Waals surface area contributed by atoms with Gasteiger partial charge in [0.15, 0.2) is 26.8 Å². The van der Waals surface area contributed by atoms with Crippen molar-refractivity contribution in [2.75, 3.05) is 5.75 Å². The van der Waals surface area contributed by atoms with Crippen LogP contribution in [0.5, 0.6) is 0 Å². The molecular formula is C59H108O6S5. The number of ether oxygens (including phenoxy) is 2. The minimum Gasteiger partial charge on any atom is -0.347 e. The number of hydrogen-bond donors (Lipinski definition) is 1. The number of carbonyl (C=O) groups excluding carboxylic acids is 4. The Morgan fingerprint density at radius 2 is 0.729 bits per heavy atom. The van der Waals surface area contributed by atoms with Crippen molar-refractivity contribution in [2.45, 2.75) is 343 Å². The third-order valence-corrected chi connectivity index (χ3v) is 20.3. The summed E-state index contributed by atoms with van der Waals surface area (Å²) in [6.07, 6.45) is 46.4. The molecule has 0 aromatic carbocycles. The van der Waals surface area contributed by atoms with Gasteiger partial charge in [0.05, 0.1) is 22.7 Å². The Balaban J connectivity index is 2.30. The van der Waals surface area contributed by atoms with Gasteiger partial charge in [-0.2, -0.15) is 12.6 Å². The first kappa shape index (κ1) is 66.5. The number of thioether (sulfide) groups is 4. The summed E-state index contributed by atoms with van der Waals surface area (Å²) in [7, 11) is 0. The van der Waals surface area contributed by atoms with E-state index in [4.69, 9.17) is 22.1 Å². The molecule has 0 aromatic rings. The highest BCUT2D eigenvalue weighted by atomic mass is 32.2. The summed E-state index contributed by atoms with van der Waals surface area (Å²) >= 11 is 10.3. The molecule has 1 aliphatic heterocycles. The van der Waals surface area contributed by atoms with Crippen molar-refractivity contribution in [3.05, 3.63) is 0 Å². The lowest BCUT2D eigenvalue weighted by Crippen LogP contribution is -2.57. The second-order valence-electron chi connectivity index (χ2n) is 21.1. The monoisotopic (exact) mass is 1070 g/mol. The van der Waals surface area contributed by atoms with E-state index < -0.39 is 17.6 Å². The van der Waals surface area contributed by atoms with E-state index in [0.29, 0.717) is 31.4 Å². The summed E-state index contributed by atoms with van der Waals surface area (Å²) in [5, 5.41) is -0.615. The molecule has 0 radical (unpaired) electrons. The Bertz CT molecular complexity index is 1290. The summed E-state index contributed by atoms with van der Waals surface area (Å²) in [4.78, 5) is 56.1. The molecule has 11 heteroatoms. The molecular weight excluding hydrogens is 965 g/mol. The Labute approximate surface area is 454 Å². The summed E-state index contributed by atoms with van der Waals surface area (Å²) < 4.78 is 14.0. The van der Waals surface area contributed by atoms with E-state index in [9.17, 15) is 19.2 Å². The predicted molar refractivity (Wildman–Crippen MR) is 314 cm³/mol. The fraction of sp³-hybridized carbons (Fsp3) is 0.932. The molecule has 0 aromatic heterocycles. The highest BCUT2D eigenvalue weighted by Gasteiger charge is 2.51. The highest BCUT2D eigenvalue weighted by Crippen LogP contribution is 2.46. The Kier molecular flexibility index (Phi) is 44.3. The number of unbranched alkanes of at least 4 members (excludes halogenated alkanes) is 32. The molecule has 7 atom stereocenters. The average molecular weight is 1070 g/mol. The van der Waals surface area contributed by atoms with Crippen LogP contribution in [0.4, 0.5) is 0 Å². The molecule has 2 fully saturated rings. The number of hydrogen-bond acceptors (Lipinski definition) is 11. The quantitative estimate of drug-likeness (QED) is 0.0470. The molecule has 2 rings (SSSR count). The summed E-state index contributed by atoms with van der Waals surface area (Å²) in [5.41, 5.74) is 0. The second kappa shape index (κ2) is 46.6. The maximum absolute atomic E-state index is 14.2. The van der Waals surface area contributed by atoms with Gasteiger partial charge in [-0.1, -0.05) is 280 Å². The van der Waals surface area contributed by atoms with E-state index in [2.05, 4.69) is 27.7 Å². The summed E-state index contributed by atoms with van der Waals surface area (Å²) in [5.74, 6) is 0.404. The summed E-state index contributed by atoms with van der Waals surface area (Å²) in [6.45, 7) is 9.02. The first-order chi connectivity index (χ1) is 34.2. The molecule has 0 spiro atoms. The van der Waals surface area contributed by atoms with Gasteiger partial charge < -0.3 is 9.47 Å². The van der Waals surface area contributed by atoms with Crippen molar-refractivity contribution in [1.29, 1.82) is 0 Å². The van der Waals surface area contributed by atoms with E-state index >= 15 is 0 Å². The Morgan fingerprint density at radius 3 is 1.07 bits per heavy atom. The van der Waals surface area contributed by atoms with Crippen molar-refractivity contribution >= 4 is 80.1 Å². The topological polar surface area (TPSA) is 86.7 Å². The lowest BCUT2D eigenvalue weighted by atomic mass is 10.1. The Morgan fingerprint density at radius 1 is 0.414 bits per heavy atom. The zero-order valence-electron chi connectivity index (χ0n) is 45.7. The standard InChI is InChI=1S/C59H108O6S5/c1-5-9-13-17-21-25-29-33-37-44-52(60)67-48-50-56(68-53(61)45-38-34-30-26-22-18-14-10-6-2)57(69-54(62)46-39-35-31-27-23-19-15-11-7-3)58(59(65-50)64-49-42-41-43-51(49)66)70-55(63)47-40-36-32-28-24-20-16-12-8-4/h49-51,56-59,66H,5-48H2,1-4H3/t49?,50-,51?,56+,57-,58+,59+/m1/s1. The minimum atomic E-state index is -0.741. The molecule has 410 valence electrons. The zero-order valence-corrected chi connectivity index (χ0v) is 49.8. The van der Waals surface area contributed by atoms with Gasteiger partial charge in [0.25, 0.3) is 0 Å². The van der Waals surface area contributed by atoms with Gasteiger partial charge in [0.2, 0.25) is 0 Å². The normalized spacial score (nSPS) is 21.4. The van der Waals surface area contributed by atoms with Crippen molar-refractivity contribution in [3.8, 4) is 0 Å². The van der Waals surface area contributed by atoms with Crippen molar-refractivity contribution in [2.24, 2.45) is 0 Å². The molecule has 1 aliphatic carbocycles. The van der Waals surface area contributed by atoms with Gasteiger partial charge in [0.1, 0.15) is 0 Å². The second-order valence-corrected chi connectivity index (χ2v) is 26.5. The number of rotatable bonds is 47. The van der Waals surface area contributed by atoms with Crippen LogP contribution in [0.25, 0.3) is 0 Å². The van der Waals surface area contributed by atoms with Crippen LogP contribution < -0.4 is 0 Å². The van der Waals surface area contributed by atoms with Crippen molar-refractivity contribution in [3.63, 3.8) is 0 Å². The van der Waals surface area contributed by atoms with Gasteiger partial charge in [-0.25, -0.2) is 0 Å². The van der Waals surface area contributed by atoms with Crippen LogP contribution in [0.15, 0.2) is 0 Å². The molecule has 2 unspecified atom stereocenters. The van der Waals surface area contributed by atoms with E-state index in [1.165, 1.54) is 208 Å². The Hall–Kier alpha value is 0.350. The van der Waals surface area contributed by atoms with Crippen LogP contribution in [-0.4, -0.2) is 65.7 Å². The van der Waals surface area contributed by atoms with Gasteiger partial charge in [-0.3, -0.25) is 19.2 Å². The molecule has 1 saturated heterocycles. The van der Waals surface area contributed by atoms with Crippen LogP contribution in [0, 0.1) is 0 Å². The highest BCUT2D eigenvalue weighted by molar-refractivity contribution is 8.19. The van der Waals surface area contributed by atoms with Crippen molar-refractivity contribution < 1.29 is 28.7 Å². The smallest absolute Gasteiger partial charge is 0.189 e. The van der Waals surface area contributed by atoms with Gasteiger partial charge in [-0.05, 0) is 44.9 Å². The summed E-state index contributed by atoms with van der Waals surface area (Å²) in [6, 6.07) is 0. The van der Waals surface area contributed by atoms with Gasteiger partial charge >= 0.3 is 0 Å². The fourth-order valence-corrected chi connectivity index (χ4v) is 15.6. The molecule has 6 nitrogen and oxygen atoms in total. The van der Waals surface area contributed by atoms with Crippen LogP contribution in [0.2, 0.25) is 0 Å². The fourth-order valence-electron chi connectivity index (χ4n) is 9.96. The predicted octanol–water partition coefficient (Wildman–Crippen LogP) is 19.4. The van der Waals surface area contributed by atoms with Gasteiger partial charge in [0, 0.05) is 41.9 Å². The number of thiol groups is 1. The van der Waals surface area contributed by atoms with Crippen LogP contribution in [0.3, 0.4) is 0 Å². The van der Waals surface area contributed by atoms with Crippen LogP contribution in [0.1, 0.15) is 304 Å². The lowest BCUT2D eigenvalue weighted by molar-refractivity contribution is -0.200. The molecule has 0 bridgehead atoms. The van der Waals surface area contributed by atoms with Crippen molar-refractivity contribution in [1.82, 2.24) is 0 Å². The maximum Gasteiger partial charge on any atom is 0.189 e.